The van der Waals surface area contributed by atoms with Gasteiger partial charge in [-0.25, -0.2) is 4.68 Å². The van der Waals surface area contributed by atoms with Gasteiger partial charge in [0.05, 0.1) is 11.6 Å². The molecule has 2 fully saturated rings. The molecule has 1 aromatic rings. The molecule has 1 atom stereocenters. The van der Waals surface area contributed by atoms with Gasteiger partial charge in [-0.05, 0) is 56.4 Å². The van der Waals surface area contributed by atoms with E-state index >= 15 is 0 Å². The van der Waals surface area contributed by atoms with Crippen molar-refractivity contribution in [3.05, 3.63) is 5.82 Å². The molecule has 0 spiro atoms. The molecule has 6 heteroatoms. The second-order valence-electron chi connectivity index (χ2n) is 8.37. The van der Waals surface area contributed by atoms with Gasteiger partial charge in [0.1, 0.15) is 32.2 Å². The van der Waals surface area contributed by atoms with Gasteiger partial charge in [-0.1, -0.05) is 13.8 Å². The maximum Gasteiger partial charge on any atom is 0.209 e. The molecule has 1 saturated carbocycles. The zero-order chi connectivity index (χ0) is 17.2. The Morgan fingerprint density at radius 1 is 1.12 bits per heavy atom. The van der Waals surface area contributed by atoms with Gasteiger partial charge >= 0.3 is 0 Å². The lowest BCUT2D eigenvalue weighted by Gasteiger charge is -2.37. The van der Waals surface area contributed by atoms with Crippen molar-refractivity contribution in [1.82, 2.24) is 20.2 Å². The summed E-state index contributed by atoms with van der Waals surface area (Å²) in [4.78, 5) is 3.54. The van der Waals surface area contributed by atoms with Gasteiger partial charge in [0.25, 0.3) is 0 Å². The fraction of sp³-hybridized carbons (Fsp3) is 0.944. The average Bonchev–Trinajstić information content (AvgIpc) is 3.28. The van der Waals surface area contributed by atoms with Crippen LogP contribution in [0.5, 0.6) is 0 Å². The summed E-state index contributed by atoms with van der Waals surface area (Å²) in [6, 6.07) is 1.37. The first-order valence-electron chi connectivity index (χ1n) is 10.0. The van der Waals surface area contributed by atoms with Gasteiger partial charge in [-0.15, -0.1) is 5.10 Å². The molecule has 2 heterocycles. The van der Waals surface area contributed by atoms with Crippen LogP contribution in [0.2, 0.25) is 0 Å². The first-order chi connectivity index (χ1) is 11.6. The highest BCUT2D eigenvalue weighted by Crippen LogP contribution is 2.22. The maximum absolute atomic E-state index is 4.45. The highest BCUT2D eigenvalue weighted by Gasteiger charge is 2.37. The third-order valence-corrected chi connectivity index (χ3v) is 6.61. The quantitative estimate of drug-likeness (QED) is 0.769. The number of quaternary nitrogens is 2. The molecule has 1 aliphatic carbocycles. The predicted molar refractivity (Wildman–Crippen MR) is 94.1 cm³/mol. The van der Waals surface area contributed by atoms with E-state index in [1.54, 1.807) is 4.90 Å². The number of hydrogen-bond acceptors (Lipinski definition) is 3. The Bertz CT molecular complexity index is 511. The van der Waals surface area contributed by atoms with E-state index in [1.807, 2.05) is 4.90 Å². The molecule has 1 saturated heterocycles. The van der Waals surface area contributed by atoms with E-state index in [2.05, 4.69) is 47.9 Å². The lowest BCUT2D eigenvalue weighted by Crippen LogP contribution is -3.29. The molecule has 0 unspecified atom stereocenters. The molecule has 136 valence electrons. The van der Waals surface area contributed by atoms with Crippen LogP contribution in [0.1, 0.15) is 78.1 Å². The van der Waals surface area contributed by atoms with E-state index in [-0.39, 0.29) is 5.54 Å². The largest absolute Gasteiger partial charge is 0.323 e. The highest BCUT2D eigenvalue weighted by atomic mass is 15.6. The van der Waals surface area contributed by atoms with Crippen molar-refractivity contribution in [3.63, 3.8) is 0 Å². The first-order valence-corrected chi connectivity index (χ1v) is 10.0. The van der Waals surface area contributed by atoms with E-state index in [4.69, 9.17) is 0 Å². The summed E-state index contributed by atoms with van der Waals surface area (Å²) in [5.41, 5.74) is -0.0113. The zero-order valence-corrected chi connectivity index (χ0v) is 16.0. The first kappa shape index (κ1) is 17.8. The standard InChI is InChI=1S/C18H34N6/c1-5-16(17-19-20-21-24(17)18(3,4)6-2)23-13-11-22(12-14-23)15-9-7-8-10-15/h15-16H,5-14H2,1-4H3/p+2/t16-/m0/s1. The van der Waals surface area contributed by atoms with Crippen LogP contribution in [-0.2, 0) is 5.54 Å². The Balaban J connectivity index is 1.68. The number of tetrazole rings is 1. The summed E-state index contributed by atoms with van der Waals surface area (Å²) in [6.07, 6.45) is 7.94. The number of piperazine rings is 1. The van der Waals surface area contributed by atoms with Crippen molar-refractivity contribution in [1.29, 1.82) is 0 Å². The topological polar surface area (TPSA) is 52.5 Å². The molecule has 1 aromatic heterocycles. The Kier molecular flexibility index (Phi) is 5.55. The van der Waals surface area contributed by atoms with Crippen LogP contribution in [-0.4, -0.2) is 52.4 Å². The fourth-order valence-corrected chi connectivity index (χ4v) is 4.63. The van der Waals surface area contributed by atoms with Gasteiger partial charge < -0.3 is 9.80 Å². The van der Waals surface area contributed by atoms with Crippen LogP contribution in [0.4, 0.5) is 0 Å². The monoisotopic (exact) mass is 336 g/mol. The molecule has 0 aromatic carbocycles. The van der Waals surface area contributed by atoms with Crippen LogP contribution in [0.25, 0.3) is 0 Å². The molecular formula is C18H36N6+2. The van der Waals surface area contributed by atoms with E-state index in [0.29, 0.717) is 6.04 Å². The molecule has 6 nitrogen and oxygen atoms in total. The highest BCUT2D eigenvalue weighted by molar-refractivity contribution is 4.92. The molecule has 24 heavy (non-hydrogen) atoms. The molecule has 1 aliphatic heterocycles. The number of nitrogens with one attached hydrogen (secondary N) is 2. The van der Waals surface area contributed by atoms with Crippen LogP contribution in [0.15, 0.2) is 0 Å². The summed E-state index contributed by atoms with van der Waals surface area (Å²) in [5, 5.41) is 12.8. The van der Waals surface area contributed by atoms with Gasteiger partial charge in [-0.3, -0.25) is 0 Å². The third kappa shape index (κ3) is 3.49. The molecule has 0 bridgehead atoms. The zero-order valence-electron chi connectivity index (χ0n) is 16.0. The summed E-state index contributed by atoms with van der Waals surface area (Å²) in [6.45, 7) is 14.1. The molecule has 3 rings (SSSR count). The smallest absolute Gasteiger partial charge is 0.209 e. The third-order valence-electron chi connectivity index (χ3n) is 6.61. The van der Waals surface area contributed by atoms with Crippen LogP contribution in [0, 0.1) is 0 Å². The van der Waals surface area contributed by atoms with E-state index in [0.717, 1.165) is 24.7 Å². The van der Waals surface area contributed by atoms with Crippen molar-refractivity contribution in [2.75, 3.05) is 26.2 Å². The average molecular weight is 337 g/mol. The van der Waals surface area contributed by atoms with Crippen molar-refractivity contribution in [3.8, 4) is 0 Å². The Hall–Kier alpha value is -1.01. The van der Waals surface area contributed by atoms with Gasteiger partial charge in [0, 0.05) is 6.42 Å². The van der Waals surface area contributed by atoms with Crippen molar-refractivity contribution < 1.29 is 9.80 Å². The summed E-state index contributed by atoms with van der Waals surface area (Å²) < 4.78 is 2.09. The number of nitrogens with zero attached hydrogens (tertiary/aromatic N) is 4. The Morgan fingerprint density at radius 3 is 2.38 bits per heavy atom. The minimum Gasteiger partial charge on any atom is -0.323 e. The molecule has 0 amide bonds. The van der Waals surface area contributed by atoms with Crippen molar-refractivity contribution >= 4 is 0 Å². The van der Waals surface area contributed by atoms with Gasteiger partial charge in [0.2, 0.25) is 5.82 Å². The minimum absolute atomic E-state index is 0.0113. The molecular weight excluding hydrogens is 300 g/mol. The summed E-state index contributed by atoms with van der Waals surface area (Å²) >= 11 is 0. The Morgan fingerprint density at radius 2 is 1.79 bits per heavy atom. The SMILES string of the molecule is CC[C@@H](c1nnnn1C(C)(C)CC)[NH+]1CC[NH+](C2CCCC2)CC1. The second-order valence-corrected chi connectivity index (χ2v) is 8.37. The second kappa shape index (κ2) is 7.48. The normalized spacial score (nSPS) is 27.5. The molecule has 2 N–H and O–H groups in total. The number of rotatable bonds is 6. The van der Waals surface area contributed by atoms with Crippen molar-refractivity contribution in [2.24, 2.45) is 0 Å². The van der Waals surface area contributed by atoms with Gasteiger partial charge in [-0.2, -0.15) is 0 Å². The lowest BCUT2D eigenvalue weighted by molar-refractivity contribution is -1.04. The van der Waals surface area contributed by atoms with E-state index < -0.39 is 0 Å². The van der Waals surface area contributed by atoms with Gasteiger partial charge in [0.15, 0.2) is 0 Å². The van der Waals surface area contributed by atoms with Crippen LogP contribution < -0.4 is 9.80 Å². The summed E-state index contributed by atoms with van der Waals surface area (Å²) in [5.74, 6) is 1.09. The Labute approximate surface area is 146 Å². The lowest BCUT2D eigenvalue weighted by atomic mass is 10.0. The van der Waals surface area contributed by atoms with Crippen LogP contribution in [0.3, 0.4) is 0 Å². The molecule has 0 radical (unpaired) electrons. The maximum atomic E-state index is 4.45. The summed E-state index contributed by atoms with van der Waals surface area (Å²) in [7, 11) is 0. The van der Waals surface area contributed by atoms with E-state index in [1.165, 1.54) is 51.9 Å². The number of hydrogen-bond donors (Lipinski definition) is 2. The van der Waals surface area contributed by atoms with Crippen molar-refractivity contribution in [2.45, 2.75) is 83.8 Å². The fourth-order valence-electron chi connectivity index (χ4n) is 4.63. The minimum atomic E-state index is -0.0113. The predicted octanol–water partition coefficient (Wildman–Crippen LogP) is -0.00470. The molecule has 2 aliphatic rings. The van der Waals surface area contributed by atoms with E-state index in [9.17, 15) is 0 Å². The van der Waals surface area contributed by atoms with Crippen LogP contribution >= 0.6 is 0 Å². The number of aromatic nitrogens is 4.